The van der Waals surface area contributed by atoms with Gasteiger partial charge >= 0.3 is 0 Å². The van der Waals surface area contributed by atoms with Crippen LogP contribution in [0, 0.1) is 34.3 Å². The maximum absolute atomic E-state index is 12.7. The van der Waals surface area contributed by atoms with E-state index in [0.29, 0.717) is 15.8 Å². The van der Waals surface area contributed by atoms with E-state index in [1.807, 2.05) is 0 Å². The summed E-state index contributed by atoms with van der Waals surface area (Å²) in [6, 6.07) is 9.84. The van der Waals surface area contributed by atoms with E-state index >= 15 is 0 Å². The van der Waals surface area contributed by atoms with Gasteiger partial charge in [-0.05, 0) is 46.3 Å². The molecule has 7 heteroatoms. The van der Waals surface area contributed by atoms with Gasteiger partial charge in [0.1, 0.15) is 29.3 Å². The Labute approximate surface area is 128 Å². The first-order chi connectivity index (χ1) is 9.90. The topological polar surface area (TPSA) is 99.6 Å². The van der Waals surface area contributed by atoms with Crippen molar-refractivity contribution in [3.05, 3.63) is 57.6 Å². The molecule has 0 atom stereocenters. The molecule has 0 unspecified atom stereocenters. The Morgan fingerprint density at radius 2 is 1.57 bits per heavy atom. The number of nitrogen functional groups attached to an aromatic ring is 2. The second-order valence-corrected chi connectivity index (χ2v) is 4.58. The van der Waals surface area contributed by atoms with E-state index in [2.05, 4.69) is 15.9 Å². The average molecular weight is 351 g/mol. The van der Waals surface area contributed by atoms with E-state index in [-0.39, 0.29) is 11.1 Å². The van der Waals surface area contributed by atoms with Crippen molar-refractivity contribution in [2.24, 2.45) is 0 Å². The molecule has 106 valence electrons. The molecule has 0 fully saturated rings. The van der Waals surface area contributed by atoms with Gasteiger partial charge in [-0.1, -0.05) is 0 Å². The van der Waals surface area contributed by atoms with Crippen molar-refractivity contribution in [1.29, 1.82) is 10.5 Å². The number of nitrogens with two attached hydrogens (primary N) is 2. The van der Waals surface area contributed by atoms with Gasteiger partial charge in [-0.2, -0.15) is 10.5 Å². The second-order valence-electron chi connectivity index (χ2n) is 3.79. The highest BCUT2D eigenvalue weighted by Crippen LogP contribution is 2.25. The minimum absolute atomic E-state index is 0.0139. The van der Waals surface area contributed by atoms with Crippen LogP contribution in [0.5, 0.6) is 0 Å². The first-order valence-electron chi connectivity index (χ1n) is 5.49. The van der Waals surface area contributed by atoms with Crippen molar-refractivity contribution in [3.63, 3.8) is 0 Å². The third-order valence-electron chi connectivity index (χ3n) is 2.34. The van der Waals surface area contributed by atoms with Gasteiger partial charge in [-0.25, -0.2) is 8.78 Å². The Bertz CT molecular complexity index is 748. The molecule has 2 aromatic carbocycles. The Morgan fingerprint density at radius 3 is 2.05 bits per heavy atom. The number of hydrogen-bond donors (Lipinski definition) is 2. The zero-order chi connectivity index (χ0) is 16.0. The summed E-state index contributed by atoms with van der Waals surface area (Å²) in [5.41, 5.74) is 11.4. The number of nitrogens with zero attached hydrogens (tertiary/aromatic N) is 2. The highest BCUT2D eigenvalue weighted by atomic mass is 79.9. The molecule has 2 aromatic rings. The lowest BCUT2D eigenvalue weighted by atomic mass is 10.2. The Hall–Kier alpha value is -2.64. The smallest absolute Gasteiger partial charge is 0.142 e. The Kier molecular flexibility index (Phi) is 5.65. The minimum Gasteiger partial charge on any atom is -0.399 e. The molecule has 21 heavy (non-hydrogen) atoms. The molecule has 0 aliphatic heterocycles. The lowest BCUT2D eigenvalue weighted by Crippen LogP contribution is -1.92. The summed E-state index contributed by atoms with van der Waals surface area (Å²) in [7, 11) is 0. The predicted molar refractivity (Wildman–Crippen MR) is 78.8 cm³/mol. The quantitative estimate of drug-likeness (QED) is 0.711. The summed E-state index contributed by atoms with van der Waals surface area (Å²) >= 11 is 3.00. The highest BCUT2D eigenvalue weighted by Gasteiger charge is 2.07. The fourth-order valence-corrected chi connectivity index (χ4v) is 1.71. The summed E-state index contributed by atoms with van der Waals surface area (Å²) in [6.07, 6.45) is 0. The molecular weight excluding hydrogens is 342 g/mol. The van der Waals surface area contributed by atoms with Gasteiger partial charge in [0, 0.05) is 11.4 Å². The summed E-state index contributed by atoms with van der Waals surface area (Å²) in [4.78, 5) is 0. The highest BCUT2D eigenvalue weighted by molar-refractivity contribution is 9.10. The molecule has 0 amide bonds. The molecule has 4 N–H and O–H groups in total. The van der Waals surface area contributed by atoms with Gasteiger partial charge in [0.25, 0.3) is 0 Å². The largest absolute Gasteiger partial charge is 0.399 e. The molecular formula is C14H9BrF2N4. The average Bonchev–Trinajstić information content (AvgIpc) is 2.47. The van der Waals surface area contributed by atoms with Crippen LogP contribution in [0.1, 0.15) is 11.1 Å². The first-order valence-corrected chi connectivity index (χ1v) is 6.28. The third kappa shape index (κ3) is 4.16. The molecule has 0 aliphatic rings. The van der Waals surface area contributed by atoms with E-state index < -0.39 is 11.6 Å². The maximum Gasteiger partial charge on any atom is 0.142 e. The summed E-state index contributed by atoms with van der Waals surface area (Å²) in [5.74, 6) is -1.09. The first kappa shape index (κ1) is 16.4. The van der Waals surface area contributed by atoms with Crippen LogP contribution in [0.25, 0.3) is 0 Å². The van der Waals surface area contributed by atoms with Gasteiger partial charge in [0.15, 0.2) is 0 Å². The summed E-state index contributed by atoms with van der Waals surface area (Å²) < 4.78 is 25.5. The van der Waals surface area contributed by atoms with Gasteiger partial charge < -0.3 is 11.5 Å². The number of halogens is 3. The monoisotopic (exact) mass is 350 g/mol. The zero-order valence-electron chi connectivity index (χ0n) is 10.6. The van der Waals surface area contributed by atoms with Crippen molar-refractivity contribution < 1.29 is 8.78 Å². The van der Waals surface area contributed by atoms with Crippen molar-refractivity contribution in [3.8, 4) is 12.1 Å². The van der Waals surface area contributed by atoms with Crippen molar-refractivity contribution in [2.45, 2.75) is 0 Å². The fourth-order valence-electron chi connectivity index (χ4n) is 1.30. The number of rotatable bonds is 0. The van der Waals surface area contributed by atoms with Gasteiger partial charge in [0.05, 0.1) is 10.0 Å². The van der Waals surface area contributed by atoms with E-state index in [1.54, 1.807) is 12.1 Å². The van der Waals surface area contributed by atoms with Crippen LogP contribution in [0.15, 0.2) is 34.8 Å². The Balaban J connectivity index is 0.000000211. The fraction of sp³-hybridized carbons (Fsp3) is 0. The molecule has 0 saturated carbocycles. The molecule has 4 nitrogen and oxygen atoms in total. The van der Waals surface area contributed by atoms with Crippen LogP contribution in [-0.4, -0.2) is 0 Å². The second kappa shape index (κ2) is 7.22. The summed E-state index contributed by atoms with van der Waals surface area (Å²) in [5, 5.41) is 16.7. The van der Waals surface area contributed by atoms with Gasteiger partial charge in [0.2, 0.25) is 0 Å². The molecule has 0 aromatic heterocycles. The molecule has 0 radical (unpaired) electrons. The molecule has 0 bridgehead atoms. The lowest BCUT2D eigenvalue weighted by Gasteiger charge is -1.99. The van der Waals surface area contributed by atoms with Crippen LogP contribution in [0.3, 0.4) is 0 Å². The lowest BCUT2D eigenvalue weighted by molar-refractivity contribution is 0.623. The number of nitriles is 2. The van der Waals surface area contributed by atoms with Crippen molar-refractivity contribution >= 4 is 27.3 Å². The van der Waals surface area contributed by atoms with Crippen LogP contribution in [0.2, 0.25) is 0 Å². The molecule has 0 spiro atoms. The van der Waals surface area contributed by atoms with Crippen molar-refractivity contribution in [2.75, 3.05) is 11.5 Å². The minimum atomic E-state index is -0.562. The summed E-state index contributed by atoms with van der Waals surface area (Å²) in [6.45, 7) is 0. The van der Waals surface area contributed by atoms with E-state index in [9.17, 15) is 8.78 Å². The van der Waals surface area contributed by atoms with E-state index in [4.69, 9.17) is 22.0 Å². The molecule has 2 rings (SSSR count). The number of hydrogen-bond acceptors (Lipinski definition) is 4. The molecule has 0 aliphatic carbocycles. The van der Waals surface area contributed by atoms with Crippen LogP contribution in [0.4, 0.5) is 20.2 Å². The SMILES string of the molecule is N#Cc1c(F)ccc(N)c1Br.N#Cc1cc(N)ccc1F. The standard InChI is InChI=1S/C7H4BrFN2.C7H5FN2/c8-7-4(3-10)5(9)1-2-6(7)11;8-7-2-1-6(10)3-5(7)4-9/h1-2H,11H2;1-3H,10H2. The van der Waals surface area contributed by atoms with Gasteiger partial charge in [-0.3, -0.25) is 0 Å². The van der Waals surface area contributed by atoms with E-state index in [1.165, 1.54) is 30.3 Å². The maximum atomic E-state index is 12.7. The predicted octanol–water partition coefficient (Wildman–Crippen LogP) is 3.32. The normalized spacial score (nSPS) is 9.00. The molecule has 0 saturated heterocycles. The third-order valence-corrected chi connectivity index (χ3v) is 3.20. The van der Waals surface area contributed by atoms with Crippen LogP contribution < -0.4 is 11.5 Å². The Morgan fingerprint density at radius 1 is 0.952 bits per heavy atom. The van der Waals surface area contributed by atoms with E-state index in [0.717, 1.165) is 0 Å². The van der Waals surface area contributed by atoms with Crippen molar-refractivity contribution in [1.82, 2.24) is 0 Å². The van der Waals surface area contributed by atoms with Crippen LogP contribution >= 0.6 is 15.9 Å². The zero-order valence-corrected chi connectivity index (χ0v) is 12.2. The number of benzene rings is 2. The van der Waals surface area contributed by atoms with Crippen LogP contribution in [-0.2, 0) is 0 Å². The number of anilines is 2. The molecule has 0 heterocycles. The van der Waals surface area contributed by atoms with Gasteiger partial charge in [-0.15, -0.1) is 0 Å².